The Labute approximate surface area is 85.0 Å². The maximum atomic E-state index is 10.8. The van der Waals surface area contributed by atoms with Crippen molar-refractivity contribution >= 4 is 5.97 Å². The summed E-state index contributed by atoms with van der Waals surface area (Å²) in [7, 11) is 1.40. The molecule has 1 aliphatic rings. The van der Waals surface area contributed by atoms with E-state index in [0.29, 0.717) is 18.9 Å². The van der Waals surface area contributed by atoms with Crippen molar-refractivity contribution in [2.45, 2.75) is 25.9 Å². The molecule has 4 nitrogen and oxygen atoms in total. The van der Waals surface area contributed by atoms with Crippen LogP contribution in [0.3, 0.4) is 0 Å². The van der Waals surface area contributed by atoms with Crippen LogP contribution in [0, 0.1) is 5.92 Å². The number of carbonyl (C=O) groups excluding carboxylic acids is 1. The van der Waals surface area contributed by atoms with E-state index in [4.69, 9.17) is 4.74 Å². The summed E-state index contributed by atoms with van der Waals surface area (Å²) in [5.74, 6) is 0.371. The number of esters is 1. The van der Waals surface area contributed by atoms with Crippen LogP contribution in [0.1, 0.15) is 19.8 Å². The molecule has 0 saturated carbocycles. The molecule has 1 saturated heterocycles. The number of methoxy groups -OCH3 is 1. The van der Waals surface area contributed by atoms with Crippen LogP contribution in [-0.4, -0.2) is 38.9 Å². The smallest absolute Gasteiger partial charge is 0.307 e. The van der Waals surface area contributed by atoms with Gasteiger partial charge in [0.1, 0.15) is 0 Å². The second-order valence-corrected chi connectivity index (χ2v) is 3.71. The molecule has 1 N–H and O–H groups in total. The largest absolute Gasteiger partial charge is 0.469 e. The van der Waals surface area contributed by atoms with E-state index in [0.717, 1.165) is 19.5 Å². The molecule has 0 amide bonds. The topological polar surface area (TPSA) is 47.6 Å². The monoisotopic (exact) mass is 201 g/mol. The highest BCUT2D eigenvalue weighted by Gasteiger charge is 2.21. The maximum Gasteiger partial charge on any atom is 0.307 e. The predicted octanol–water partition coefficient (Wildman–Crippen LogP) is 0.564. The molecule has 0 spiro atoms. The molecular formula is C10H19NO3. The molecule has 1 fully saturated rings. The minimum absolute atomic E-state index is 0.207. The second-order valence-electron chi connectivity index (χ2n) is 3.71. The summed E-state index contributed by atoms with van der Waals surface area (Å²) >= 11 is 0. The van der Waals surface area contributed by atoms with Crippen LogP contribution in [0.25, 0.3) is 0 Å². The van der Waals surface area contributed by atoms with Gasteiger partial charge in [0.25, 0.3) is 0 Å². The fourth-order valence-electron chi connectivity index (χ4n) is 1.58. The third-order valence-corrected chi connectivity index (χ3v) is 2.62. The van der Waals surface area contributed by atoms with Gasteiger partial charge in [-0.15, -0.1) is 0 Å². The van der Waals surface area contributed by atoms with E-state index in [1.54, 1.807) is 0 Å². The number of ether oxygens (including phenoxy) is 2. The molecule has 0 aliphatic carbocycles. The molecule has 0 radical (unpaired) electrons. The number of piperidine rings is 1. The van der Waals surface area contributed by atoms with Crippen molar-refractivity contribution < 1.29 is 14.3 Å². The Kier molecular flexibility index (Phi) is 4.90. The number of rotatable bonds is 4. The molecule has 0 bridgehead atoms. The molecule has 1 rings (SSSR count). The summed E-state index contributed by atoms with van der Waals surface area (Å²) < 4.78 is 10.1. The van der Waals surface area contributed by atoms with Gasteiger partial charge >= 0.3 is 5.97 Å². The van der Waals surface area contributed by atoms with E-state index < -0.39 is 0 Å². The van der Waals surface area contributed by atoms with Gasteiger partial charge in [0.15, 0.2) is 0 Å². The quantitative estimate of drug-likeness (QED) is 0.675. The Balaban J connectivity index is 2.13. The van der Waals surface area contributed by atoms with Crippen molar-refractivity contribution in [3.05, 3.63) is 0 Å². The normalized spacial score (nSPS) is 27.3. The number of carbonyl (C=O) groups is 1. The number of hydrogen-bond donors (Lipinski definition) is 1. The standard InChI is InChI=1S/C10H19NO3/c1-8-3-5-11-7-9(8)14-6-4-10(12)13-2/h8-9,11H,3-7H2,1-2H3. The zero-order valence-corrected chi connectivity index (χ0v) is 8.91. The Morgan fingerprint density at radius 2 is 2.36 bits per heavy atom. The van der Waals surface area contributed by atoms with Gasteiger partial charge < -0.3 is 14.8 Å². The third kappa shape index (κ3) is 3.64. The van der Waals surface area contributed by atoms with E-state index in [-0.39, 0.29) is 12.1 Å². The van der Waals surface area contributed by atoms with Crippen molar-refractivity contribution in [2.75, 3.05) is 26.8 Å². The lowest BCUT2D eigenvalue weighted by atomic mass is 9.97. The zero-order valence-electron chi connectivity index (χ0n) is 8.91. The average molecular weight is 201 g/mol. The highest BCUT2D eigenvalue weighted by Crippen LogP contribution is 2.14. The molecule has 0 aromatic rings. The average Bonchev–Trinajstić information content (AvgIpc) is 2.20. The summed E-state index contributed by atoms with van der Waals surface area (Å²) in [4.78, 5) is 10.8. The summed E-state index contributed by atoms with van der Waals surface area (Å²) in [6.07, 6.45) is 1.73. The predicted molar refractivity (Wildman–Crippen MR) is 53.0 cm³/mol. The van der Waals surface area contributed by atoms with Crippen LogP contribution in [-0.2, 0) is 14.3 Å². The van der Waals surface area contributed by atoms with Gasteiger partial charge in [-0.1, -0.05) is 6.92 Å². The molecule has 0 aromatic heterocycles. The van der Waals surface area contributed by atoms with E-state index >= 15 is 0 Å². The van der Waals surface area contributed by atoms with Crippen LogP contribution in [0.5, 0.6) is 0 Å². The van der Waals surface area contributed by atoms with Crippen molar-refractivity contribution in [2.24, 2.45) is 5.92 Å². The molecule has 1 heterocycles. The highest BCUT2D eigenvalue weighted by atomic mass is 16.5. The minimum Gasteiger partial charge on any atom is -0.469 e. The van der Waals surface area contributed by atoms with Crippen LogP contribution in [0.4, 0.5) is 0 Å². The highest BCUT2D eigenvalue weighted by molar-refractivity contribution is 5.69. The van der Waals surface area contributed by atoms with Crippen LogP contribution >= 0.6 is 0 Å². The molecule has 4 heteroatoms. The zero-order chi connectivity index (χ0) is 10.4. The van der Waals surface area contributed by atoms with Gasteiger partial charge in [0.05, 0.1) is 26.2 Å². The Hall–Kier alpha value is -0.610. The molecular weight excluding hydrogens is 182 g/mol. The van der Waals surface area contributed by atoms with Gasteiger partial charge in [0.2, 0.25) is 0 Å². The second kappa shape index (κ2) is 5.98. The molecule has 82 valence electrons. The van der Waals surface area contributed by atoms with Crippen LogP contribution < -0.4 is 5.32 Å². The maximum absolute atomic E-state index is 10.8. The Morgan fingerprint density at radius 3 is 3.00 bits per heavy atom. The van der Waals surface area contributed by atoms with E-state index in [9.17, 15) is 4.79 Å². The minimum atomic E-state index is -0.207. The Morgan fingerprint density at radius 1 is 1.57 bits per heavy atom. The molecule has 14 heavy (non-hydrogen) atoms. The van der Waals surface area contributed by atoms with Gasteiger partial charge in [-0.25, -0.2) is 0 Å². The lowest BCUT2D eigenvalue weighted by Gasteiger charge is -2.29. The fourth-order valence-corrected chi connectivity index (χ4v) is 1.58. The van der Waals surface area contributed by atoms with E-state index in [2.05, 4.69) is 17.0 Å². The van der Waals surface area contributed by atoms with Gasteiger partial charge in [-0.2, -0.15) is 0 Å². The van der Waals surface area contributed by atoms with Crippen molar-refractivity contribution in [1.82, 2.24) is 5.32 Å². The molecule has 2 atom stereocenters. The Bertz CT molecular complexity index is 184. The van der Waals surface area contributed by atoms with Gasteiger partial charge in [-0.3, -0.25) is 4.79 Å². The fraction of sp³-hybridized carbons (Fsp3) is 0.900. The van der Waals surface area contributed by atoms with Crippen LogP contribution in [0.15, 0.2) is 0 Å². The van der Waals surface area contributed by atoms with E-state index in [1.807, 2.05) is 0 Å². The van der Waals surface area contributed by atoms with Gasteiger partial charge in [-0.05, 0) is 18.9 Å². The van der Waals surface area contributed by atoms with Crippen molar-refractivity contribution in [3.63, 3.8) is 0 Å². The summed E-state index contributed by atoms with van der Waals surface area (Å²) in [5, 5.41) is 3.28. The van der Waals surface area contributed by atoms with Gasteiger partial charge in [0, 0.05) is 6.54 Å². The van der Waals surface area contributed by atoms with Crippen molar-refractivity contribution in [1.29, 1.82) is 0 Å². The van der Waals surface area contributed by atoms with E-state index in [1.165, 1.54) is 7.11 Å². The first-order chi connectivity index (χ1) is 6.74. The third-order valence-electron chi connectivity index (χ3n) is 2.62. The molecule has 2 unspecified atom stereocenters. The lowest BCUT2D eigenvalue weighted by molar-refractivity contribution is -0.142. The first-order valence-electron chi connectivity index (χ1n) is 5.13. The SMILES string of the molecule is COC(=O)CCOC1CNCCC1C. The van der Waals surface area contributed by atoms with Crippen molar-refractivity contribution in [3.8, 4) is 0 Å². The first kappa shape index (κ1) is 11.5. The summed E-state index contributed by atoms with van der Waals surface area (Å²) in [6, 6.07) is 0. The number of nitrogens with one attached hydrogen (secondary N) is 1. The molecule has 1 aliphatic heterocycles. The van der Waals surface area contributed by atoms with Crippen LogP contribution in [0.2, 0.25) is 0 Å². The lowest BCUT2D eigenvalue weighted by Crippen LogP contribution is -2.41. The summed E-state index contributed by atoms with van der Waals surface area (Å²) in [6.45, 7) is 4.60. The number of hydrogen-bond acceptors (Lipinski definition) is 4. The summed E-state index contributed by atoms with van der Waals surface area (Å²) in [5.41, 5.74) is 0. The first-order valence-corrected chi connectivity index (χ1v) is 5.13. The molecule has 0 aromatic carbocycles.